The third kappa shape index (κ3) is 2.27. The van der Waals surface area contributed by atoms with Crippen molar-refractivity contribution < 1.29 is 5.11 Å². The molecule has 1 saturated carbocycles. The average Bonchev–Trinajstić information content (AvgIpc) is 2.90. The molecule has 0 atom stereocenters. The fourth-order valence-corrected chi connectivity index (χ4v) is 2.59. The van der Waals surface area contributed by atoms with Crippen LogP contribution in [0.3, 0.4) is 0 Å². The first-order chi connectivity index (χ1) is 6.24. The highest BCUT2D eigenvalue weighted by molar-refractivity contribution is 9.10. The Labute approximate surface area is 90.7 Å². The van der Waals surface area contributed by atoms with Gasteiger partial charge < -0.3 is 5.11 Å². The van der Waals surface area contributed by atoms with Gasteiger partial charge in [0.1, 0.15) is 0 Å². The Morgan fingerprint density at radius 2 is 1.92 bits per heavy atom. The molecular weight excluding hydrogens is 248 g/mol. The number of benzene rings is 1. The van der Waals surface area contributed by atoms with Gasteiger partial charge in [-0.3, -0.25) is 0 Å². The summed E-state index contributed by atoms with van der Waals surface area (Å²) >= 11 is 5.19. The van der Waals surface area contributed by atoms with E-state index in [1.807, 2.05) is 12.1 Å². The smallest absolute Gasteiger partial charge is 0.0581 e. The van der Waals surface area contributed by atoms with Gasteiger partial charge in [0.2, 0.25) is 0 Å². The Bertz CT molecular complexity index is 292. The minimum Gasteiger partial charge on any atom is -0.395 e. The molecule has 0 aromatic heterocycles. The second kappa shape index (κ2) is 3.64. The van der Waals surface area contributed by atoms with Crippen LogP contribution in [0, 0.1) is 0 Å². The van der Waals surface area contributed by atoms with Gasteiger partial charge in [-0.25, -0.2) is 0 Å². The fourth-order valence-electron chi connectivity index (χ4n) is 1.18. The number of hydrogen-bond acceptors (Lipinski definition) is 2. The number of aliphatic hydroxyl groups excluding tert-OH is 1. The van der Waals surface area contributed by atoms with Gasteiger partial charge in [-0.2, -0.15) is 0 Å². The van der Waals surface area contributed by atoms with Crippen LogP contribution in [0.5, 0.6) is 0 Å². The fraction of sp³-hybridized carbons (Fsp3) is 0.400. The van der Waals surface area contributed by atoms with Crippen molar-refractivity contribution in [1.82, 2.24) is 0 Å². The summed E-state index contributed by atoms with van der Waals surface area (Å²) in [5, 5.41) is 9.14. The average molecular weight is 259 g/mol. The second-order valence-corrected chi connectivity index (χ2v) is 5.85. The minimum absolute atomic E-state index is 0.147. The Kier molecular flexibility index (Phi) is 2.67. The first-order valence-electron chi connectivity index (χ1n) is 4.30. The molecule has 1 aliphatic rings. The largest absolute Gasteiger partial charge is 0.395 e. The standard InChI is InChI=1S/C10H11BrOS/c11-8-1-3-9(4-2-8)13-10(7-12)5-6-10/h1-4,12H,5-7H2. The molecule has 0 spiro atoms. The number of hydrogen-bond donors (Lipinski definition) is 1. The van der Waals surface area contributed by atoms with Crippen LogP contribution in [-0.2, 0) is 0 Å². The molecule has 70 valence electrons. The van der Waals surface area contributed by atoms with Crippen molar-refractivity contribution in [2.45, 2.75) is 22.5 Å². The van der Waals surface area contributed by atoms with Gasteiger partial charge in [0, 0.05) is 14.1 Å². The molecule has 1 aliphatic carbocycles. The van der Waals surface area contributed by atoms with Gasteiger partial charge in [-0.15, -0.1) is 11.8 Å². The van der Waals surface area contributed by atoms with Crippen molar-refractivity contribution in [1.29, 1.82) is 0 Å². The molecule has 1 aromatic carbocycles. The normalized spacial score (nSPS) is 18.6. The molecule has 1 N–H and O–H groups in total. The molecule has 1 aromatic rings. The van der Waals surface area contributed by atoms with E-state index in [1.165, 1.54) is 4.90 Å². The molecule has 0 unspecified atom stereocenters. The SMILES string of the molecule is OCC1(Sc2ccc(Br)cc2)CC1. The Hall–Kier alpha value is 0.01000. The van der Waals surface area contributed by atoms with Gasteiger partial charge in [0.05, 0.1) is 6.61 Å². The van der Waals surface area contributed by atoms with Crippen LogP contribution >= 0.6 is 27.7 Å². The van der Waals surface area contributed by atoms with Gasteiger partial charge in [0.15, 0.2) is 0 Å². The lowest BCUT2D eigenvalue weighted by molar-refractivity contribution is 0.289. The number of halogens is 1. The molecule has 2 rings (SSSR count). The van der Waals surface area contributed by atoms with Gasteiger partial charge in [-0.1, -0.05) is 15.9 Å². The van der Waals surface area contributed by atoms with E-state index in [1.54, 1.807) is 11.8 Å². The molecule has 0 amide bonds. The van der Waals surface area contributed by atoms with Gasteiger partial charge >= 0.3 is 0 Å². The first kappa shape index (κ1) is 9.56. The summed E-state index contributed by atoms with van der Waals surface area (Å²) in [6.07, 6.45) is 2.29. The quantitative estimate of drug-likeness (QED) is 0.900. The Morgan fingerprint density at radius 3 is 2.38 bits per heavy atom. The third-order valence-corrected chi connectivity index (χ3v) is 4.25. The van der Waals surface area contributed by atoms with E-state index in [0.29, 0.717) is 6.61 Å². The topological polar surface area (TPSA) is 20.2 Å². The minimum atomic E-state index is 0.147. The molecule has 13 heavy (non-hydrogen) atoms. The summed E-state index contributed by atoms with van der Waals surface area (Å²) in [5.41, 5.74) is 0. The molecule has 3 heteroatoms. The van der Waals surface area contributed by atoms with Crippen molar-refractivity contribution in [3.05, 3.63) is 28.7 Å². The molecule has 0 heterocycles. The van der Waals surface area contributed by atoms with Crippen LogP contribution in [0.15, 0.2) is 33.6 Å². The predicted molar refractivity (Wildman–Crippen MR) is 59.0 cm³/mol. The Balaban J connectivity index is 2.06. The molecule has 0 aliphatic heterocycles. The van der Waals surface area contributed by atoms with Crippen molar-refractivity contribution in [2.75, 3.05) is 6.61 Å². The van der Waals surface area contributed by atoms with Crippen LogP contribution in [0.2, 0.25) is 0 Å². The van der Waals surface area contributed by atoms with Crippen LogP contribution in [0.4, 0.5) is 0 Å². The maximum Gasteiger partial charge on any atom is 0.0581 e. The number of rotatable bonds is 3. The van der Waals surface area contributed by atoms with Crippen LogP contribution in [-0.4, -0.2) is 16.5 Å². The van der Waals surface area contributed by atoms with Crippen molar-refractivity contribution in [3.8, 4) is 0 Å². The lowest BCUT2D eigenvalue weighted by atomic mass is 10.4. The monoisotopic (exact) mass is 258 g/mol. The summed E-state index contributed by atoms with van der Waals surface area (Å²) < 4.78 is 1.25. The van der Waals surface area contributed by atoms with Crippen LogP contribution < -0.4 is 0 Å². The lowest BCUT2D eigenvalue weighted by Gasteiger charge is -2.10. The summed E-state index contributed by atoms with van der Waals surface area (Å²) in [6.45, 7) is 0.299. The highest BCUT2D eigenvalue weighted by atomic mass is 79.9. The molecule has 0 saturated heterocycles. The zero-order chi connectivity index (χ0) is 9.31. The summed E-state index contributed by atoms with van der Waals surface area (Å²) in [6, 6.07) is 8.25. The van der Waals surface area contributed by atoms with Crippen molar-refractivity contribution in [2.24, 2.45) is 0 Å². The van der Waals surface area contributed by atoms with Gasteiger partial charge in [-0.05, 0) is 37.1 Å². The van der Waals surface area contributed by atoms with Crippen molar-refractivity contribution >= 4 is 27.7 Å². The van der Waals surface area contributed by atoms with E-state index < -0.39 is 0 Å². The summed E-state index contributed by atoms with van der Waals surface area (Å²) in [7, 11) is 0. The van der Waals surface area contributed by atoms with Crippen LogP contribution in [0.25, 0.3) is 0 Å². The number of thioether (sulfide) groups is 1. The lowest BCUT2D eigenvalue weighted by Crippen LogP contribution is -2.07. The predicted octanol–water partition coefficient (Wildman–Crippen LogP) is 3.07. The Morgan fingerprint density at radius 1 is 1.31 bits per heavy atom. The molecular formula is C10H11BrOS. The van der Waals surface area contributed by atoms with Crippen molar-refractivity contribution in [3.63, 3.8) is 0 Å². The molecule has 0 bridgehead atoms. The molecule has 1 nitrogen and oxygen atoms in total. The van der Waals surface area contributed by atoms with E-state index >= 15 is 0 Å². The highest BCUT2D eigenvalue weighted by Gasteiger charge is 2.42. The van der Waals surface area contributed by atoms with E-state index in [9.17, 15) is 0 Å². The zero-order valence-corrected chi connectivity index (χ0v) is 9.57. The van der Waals surface area contributed by atoms with E-state index in [0.717, 1.165) is 17.3 Å². The van der Waals surface area contributed by atoms with Gasteiger partial charge in [0.25, 0.3) is 0 Å². The first-order valence-corrected chi connectivity index (χ1v) is 5.90. The summed E-state index contributed by atoms with van der Waals surface area (Å²) in [5.74, 6) is 0. The third-order valence-electron chi connectivity index (χ3n) is 2.24. The van der Waals surface area contributed by atoms with E-state index in [-0.39, 0.29) is 4.75 Å². The molecule has 1 fully saturated rings. The number of aliphatic hydroxyl groups is 1. The zero-order valence-electron chi connectivity index (χ0n) is 7.16. The van der Waals surface area contributed by atoms with E-state index in [2.05, 4.69) is 28.1 Å². The maximum absolute atomic E-state index is 9.14. The van der Waals surface area contributed by atoms with Crippen LogP contribution in [0.1, 0.15) is 12.8 Å². The second-order valence-electron chi connectivity index (χ2n) is 3.40. The molecule has 0 radical (unpaired) electrons. The summed E-state index contributed by atoms with van der Waals surface area (Å²) in [4.78, 5) is 1.25. The highest BCUT2D eigenvalue weighted by Crippen LogP contribution is 2.51. The van der Waals surface area contributed by atoms with E-state index in [4.69, 9.17) is 5.11 Å². The maximum atomic E-state index is 9.14.